The van der Waals surface area contributed by atoms with Gasteiger partial charge in [0.2, 0.25) is 5.91 Å². The number of aromatic nitrogens is 2. The van der Waals surface area contributed by atoms with Gasteiger partial charge in [0.1, 0.15) is 5.82 Å². The Bertz CT molecular complexity index is 665. The molecule has 2 heterocycles. The summed E-state index contributed by atoms with van der Waals surface area (Å²) in [5, 5.41) is 0.729. The Kier molecular flexibility index (Phi) is 5.01. The fourth-order valence-corrected chi connectivity index (χ4v) is 3.25. The van der Waals surface area contributed by atoms with Crippen molar-refractivity contribution in [1.29, 1.82) is 0 Å². The first-order valence-corrected chi connectivity index (χ1v) is 8.53. The van der Waals surface area contributed by atoms with E-state index < -0.39 is 0 Å². The number of nitrogens with zero attached hydrogens (tertiary/aromatic N) is 2. The van der Waals surface area contributed by atoms with Crippen LogP contribution in [-0.2, 0) is 11.2 Å². The largest absolute Gasteiger partial charge is 0.346 e. The quantitative estimate of drug-likeness (QED) is 0.928. The van der Waals surface area contributed by atoms with Crippen LogP contribution in [0.15, 0.2) is 30.5 Å². The molecule has 1 N–H and O–H groups in total. The van der Waals surface area contributed by atoms with Crippen LogP contribution in [-0.4, -0.2) is 33.9 Å². The number of imidazole rings is 1. The second-order valence-electron chi connectivity index (χ2n) is 6.26. The summed E-state index contributed by atoms with van der Waals surface area (Å²) >= 11 is 5.89. The lowest BCUT2D eigenvalue weighted by molar-refractivity contribution is -0.132. The molecule has 1 atom stereocenters. The van der Waals surface area contributed by atoms with Gasteiger partial charge in [-0.3, -0.25) is 4.79 Å². The van der Waals surface area contributed by atoms with Crippen LogP contribution in [0.1, 0.15) is 42.3 Å². The van der Waals surface area contributed by atoms with E-state index in [9.17, 15) is 4.79 Å². The maximum absolute atomic E-state index is 12.5. The third kappa shape index (κ3) is 4.14. The van der Waals surface area contributed by atoms with E-state index >= 15 is 0 Å². The van der Waals surface area contributed by atoms with Gasteiger partial charge >= 0.3 is 0 Å². The summed E-state index contributed by atoms with van der Waals surface area (Å²) in [5.74, 6) is 1.57. The summed E-state index contributed by atoms with van der Waals surface area (Å²) in [4.78, 5) is 22.2. The maximum Gasteiger partial charge on any atom is 0.222 e. The molecule has 0 spiro atoms. The van der Waals surface area contributed by atoms with Crippen molar-refractivity contribution in [2.75, 3.05) is 13.1 Å². The number of halogens is 1. The maximum atomic E-state index is 12.5. The molecule has 0 bridgehead atoms. The van der Waals surface area contributed by atoms with Crippen molar-refractivity contribution in [1.82, 2.24) is 14.9 Å². The summed E-state index contributed by atoms with van der Waals surface area (Å²) < 4.78 is 0. The van der Waals surface area contributed by atoms with Crippen LogP contribution >= 0.6 is 11.6 Å². The van der Waals surface area contributed by atoms with Crippen molar-refractivity contribution < 1.29 is 4.79 Å². The highest BCUT2D eigenvalue weighted by atomic mass is 35.5. The van der Waals surface area contributed by atoms with Crippen LogP contribution in [0, 0.1) is 6.92 Å². The lowest BCUT2D eigenvalue weighted by atomic mass is 9.97. The van der Waals surface area contributed by atoms with E-state index in [1.165, 1.54) is 0 Å². The summed E-state index contributed by atoms with van der Waals surface area (Å²) in [7, 11) is 0. The molecular weight excluding hydrogens is 310 g/mol. The first-order chi connectivity index (χ1) is 11.1. The molecule has 5 heteroatoms. The van der Waals surface area contributed by atoms with Gasteiger partial charge in [-0.2, -0.15) is 0 Å². The number of H-pyrrole nitrogens is 1. The number of rotatable bonds is 4. The Morgan fingerprint density at radius 2 is 2.17 bits per heavy atom. The zero-order chi connectivity index (χ0) is 16.2. The molecule has 1 aliphatic heterocycles. The number of carbonyl (C=O) groups excluding carboxylic acids is 1. The van der Waals surface area contributed by atoms with Gasteiger partial charge < -0.3 is 9.88 Å². The molecule has 3 rings (SSSR count). The van der Waals surface area contributed by atoms with Gasteiger partial charge in [0.15, 0.2) is 0 Å². The number of benzene rings is 1. The van der Waals surface area contributed by atoms with E-state index in [2.05, 4.69) is 9.97 Å². The van der Waals surface area contributed by atoms with Crippen LogP contribution in [0.25, 0.3) is 0 Å². The zero-order valence-corrected chi connectivity index (χ0v) is 14.1. The summed E-state index contributed by atoms with van der Waals surface area (Å²) in [6.07, 6.45) is 5.30. The monoisotopic (exact) mass is 331 g/mol. The summed E-state index contributed by atoms with van der Waals surface area (Å²) in [6, 6.07) is 7.72. The number of amides is 1. The number of piperidine rings is 1. The van der Waals surface area contributed by atoms with Crippen LogP contribution in [0.4, 0.5) is 0 Å². The first kappa shape index (κ1) is 16.1. The van der Waals surface area contributed by atoms with E-state index in [0.717, 1.165) is 54.5 Å². The molecule has 0 aliphatic carbocycles. The fraction of sp³-hybridized carbons (Fsp3) is 0.444. The third-order valence-electron chi connectivity index (χ3n) is 4.42. The van der Waals surface area contributed by atoms with Crippen molar-refractivity contribution in [2.45, 2.75) is 38.5 Å². The number of hydrogen-bond donors (Lipinski definition) is 1. The predicted octanol–water partition coefficient (Wildman–Crippen LogP) is 3.71. The molecule has 1 saturated heterocycles. The smallest absolute Gasteiger partial charge is 0.222 e. The number of hydrogen-bond acceptors (Lipinski definition) is 2. The second kappa shape index (κ2) is 7.18. The first-order valence-electron chi connectivity index (χ1n) is 8.15. The van der Waals surface area contributed by atoms with Gasteiger partial charge in [0.25, 0.3) is 0 Å². The van der Waals surface area contributed by atoms with Crippen molar-refractivity contribution >= 4 is 17.5 Å². The molecule has 4 nitrogen and oxygen atoms in total. The molecule has 2 aromatic rings. The highest BCUT2D eigenvalue weighted by Gasteiger charge is 2.26. The van der Waals surface area contributed by atoms with E-state index in [-0.39, 0.29) is 5.91 Å². The molecule has 0 saturated carbocycles. The molecule has 1 amide bonds. The minimum atomic E-state index is 0.230. The number of aromatic amines is 1. The minimum absolute atomic E-state index is 0.230. The average Bonchev–Trinajstić information content (AvgIpc) is 3.01. The normalized spacial score (nSPS) is 18.2. The Morgan fingerprint density at radius 3 is 2.87 bits per heavy atom. The van der Waals surface area contributed by atoms with Gasteiger partial charge in [0, 0.05) is 42.3 Å². The van der Waals surface area contributed by atoms with Crippen LogP contribution in [0.2, 0.25) is 5.02 Å². The minimum Gasteiger partial charge on any atom is -0.346 e. The molecule has 1 aliphatic rings. The Morgan fingerprint density at radius 1 is 1.39 bits per heavy atom. The standard InChI is InChI=1S/C18H22ClN3O/c1-13-11-20-18(21-13)15-3-2-10-22(12-15)17(23)9-6-14-4-7-16(19)8-5-14/h4-5,7-8,11,15H,2-3,6,9-10,12H2,1H3,(H,20,21). The van der Waals surface area contributed by atoms with E-state index in [4.69, 9.17) is 11.6 Å². The number of aryl methyl sites for hydroxylation is 2. The Balaban J connectivity index is 1.55. The second-order valence-corrected chi connectivity index (χ2v) is 6.69. The van der Waals surface area contributed by atoms with E-state index in [0.29, 0.717) is 12.3 Å². The van der Waals surface area contributed by atoms with Crippen LogP contribution in [0.3, 0.4) is 0 Å². The van der Waals surface area contributed by atoms with Gasteiger partial charge in [0.05, 0.1) is 0 Å². The Labute approximate surface area is 141 Å². The van der Waals surface area contributed by atoms with Crippen molar-refractivity contribution in [3.05, 3.63) is 52.6 Å². The predicted molar refractivity (Wildman–Crippen MR) is 91.7 cm³/mol. The van der Waals surface area contributed by atoms with Crippen molar-refractivity contribution in [2.24, 2.45) is 0 Å². The van der Waals surface area contributed by atoms with Crippen LogP contribution < -0.4 is 0 Å². The number of carbonyl (C=O) groups is 1. The fourth-order valence-electron chi connectivity index (χ4n) is 3.13. The topological polar surface area (TPSA) is 49.0 Å². The lowest BCUT2D eigenvalue weighted by Gasteiger charge is -2.32. The molecule has 1 aromatic heterocycles. The third-order valence-corrected chi connectivity index (χ3v) is 4.68. The molecule has 122 valence electrons. The van der Waals surface area contributed by atoms with E-state index in [1.54, 1.807) is 0 Å². The lowest BCUT2D eigenvalue weighted by Crippen LogP contribution is -2.39. The van der Waals surface area contributed by atoms with Crippen molar-refractivity contribution in [3.63, 3.8) is 0 Å². The molecule has 0 radical (unpaired) electrons. The van der Waals surface area contributed by atoms with Gasteiger partial charge in [-0.15, -0.1) is 0 Å². The Hall–Kier alpha value is -1.81. The average molecular weight is 332 g/mol. The van der Waals surface area contributed by atoms with Gasteiger partial charge in [-0.05, 0) is 43.9 Å². The molecule has 1 unspecified atom stereocenters. The number of nitrogens with one attached hydrogen (secondary N) is 1. The SMILES string of the molecule is Cc1cnc(C2CCCN(C(=O)CCc3ccc(Cl)cc3)C2)[nH]1. The van der Waals surface area contributed by atoms with Gasteiger partial charge in [-0.1, -0.05) is 23.7 Å². The van der Waals surface area contributed by atoms with Crippen LogP contribution in [0.5, 0.6) is 0 Å². The summed E-state index contributed by atoms with van der Waals surface area (Å²) in [5.41, 5.74) is 2.23. The number of likely N-dealkylation sites (tertiary alicyclic amines) is 1. The summed E-state index contributed by atoms with van der Waals surface area (Å²) in [6.45, 7) is 3.64. The highest BCUT2D eigenvalue weighted by Crippen LogP contribution is 2.25. The van der Waals surface area contributed by atoms with E-state index in [1.807, 2.05) is 42.3 Å². The molecular formula is C18H22ClN3O. The highest BCUT2D eigenvalue weighted by molar-refractivity contribution is 6.30. The zero-order valence-electron chi connectivity index (χ0n) is 13.4. The van der Waals surface area contributed by atoms with Crippen molar-refractivity contribution in [3.8, 4) is 0 Å². The van der Waals surface area contributed by atoms with Gasteiger partial charge in [-0.25, -0.2) is 4.98 Å². The molecule has 1 fully saturated rings. The molecule has 23 heavy (non-hydrogen) atoms. The molecule has 1 aromatic carbocycles.